The molecule has 0 radical (unpaired) electrons. The number of anilines is 2. The fraction of sp³-hybridized carbons (Fsp3) is 0.368. The smallest absolute Gasteiger partial charge is 0.261 e. The van der Waals surface area contributed by atoms with E-state index in [1.165, 1.54) is 24.2 Å². The fourth-order valence-corrected chi connectivity index (χ4v) is 6.02. The van der Waals surface area contributed by atoms with Crippen LogP contribution in [-0.2, 0) is 0 Å². The third-order valence-corrected chi connectivity index (χ3v) is 7.22. The number of aromatic nitrogens is 1. The number of para-hydroxylation sites is 1. The molecule has 0 aliphatic carbocycles. The molecule has 2 bridgehead atoms. The molecule has 1 aromatic carbocycles. The lowest BCUT2D eigenvalue weighted by Gasteiger charge is -2.29. The zero-order chi connectivity index (χ0) is 17.5. The van der Waals surface area contributed by atoms with Crippen molar-refractivity contribution in [3.63, 3.8) is 0 Å². The number of hydrogen-bond donors (Lipinski definition) is 3. The summed E-state index contributed by atoms with van der Waals surface area (Å²) < 4.78 is 1.06. The third-order valence-electron chi connectivity index (χ3n) is 5.15. The summed E-state index contributed by atoms with van der Waals surface area (Å²) in [4.78, 5) is 18.9. The van der Waals surface area contributed by atoms with Gasteiger partial charge in [-0.2, -0.15) is 0 Å². The number of benzene rings is 1. The molecule has 2 unspecified atom stereocenters. The van der Waals surface area contributed by atoms with Crippen LogP contribution < -0.4 is 16.0 Å². The second-order valence-electron chi connectivity index (χ2n) is 7.07. The molecule has 2 saturated heterocycles. The first-order valence-corrected chi connectivity index (χ1v) is 10.7. The van der Waals surface area contributed by atoms with Crippen LogP contribution >= 0.6 is 47.5 Å². The van der Waals surface area contributed by atoms with Gasteiger partial charge < -0.3 is 16.0 Å². The third kappa shape index (κ3) is 4.44. The van der Waals surface area contributed by atoms with E-state index in [1.54, 1.807) is 11.3 Å². The number of nitrogens with zero attached hydrogens (tertiary/aromatic N) is 1. The van der Waals surface area contributed by atoms with E-state index < -0.39 is 0 Å². The van der Waals surface area contributed by atoms with Gasteiger partial charge in [-0.15, -0.1) is 36.2 Å². The average Bonchev–Trinajstić information content (AvgIpc) is 3.29. The van der Waals surface area contributed by atoms with Crippen LogP contribution in [-0.4, -0.2) is 29.0 Å². The highest BCUT2D eigenvalue weighted by Gasteiger charge is 2.34. The van der Waals surface area contributed by atoms with Crippen molar-refractivity contribution in [1.29, 1.82) is 0 Å². The highest BCUT2D eigenvalue weighted by atomic mass is 35.5. The molecule has 2 aromatic heterocycles. The van der Waals surface area contributed by atoms with Crippen molar-refractivity contribution in [2.45, 2.75) is 43.8 Å². The number of thiophene rings is 1. The summed E-state index contributed by atoms with van der Waals surface area (Å²) in [5.74, 6) is 0.0454. The molecular formula is C19H22Cl2N4OS2. The predicted molar refractivity (Wildman–Crippen MR) is 122 cm³/mol. The Kier molecular flexibility index (Phi) is 6.83. The number of piperidine rings is 1. The number of halogens is 2. The number of carbonyl (C=O) groups excluding carboxylic acids is 1. The van der Waals surface area contributed by atoms with Gasteiger partial charge in [-0.05, 0) is 43.9 Å². The van der Waals surface area contributed by atoms with Crippen LogP contribution in [0.4, 0.5) is 10.8 Å². The monoisotopic (exact) mass is 456 g/mol. The van der Waals surface area contributed by atoms with Crippen molar-refractivity contribution in [1.82, 2.24) is 15.6 Å². The predicted octanol–water partition coefficient (Wildman–Crippen LogP) is 4.96. The largest absolute Gasteiger partial charge is 0.348 e. The Morgan fingerprint density at radius 1 is 1.07 bits per heavy atom. The Morgan fingerprint density at radius 2 is 1.79 bits per heavy atom. The Hall–Kier alpha value is -1.38. The maximum absolute atomic E-state index is 12.6. The first-order valence-electron chi connectivity index (χ1n) is 9.02. The normalized spacial score (nSPS) is 22.9. The van der Waals surface area contributed by atoms with Crippen molar-refractivity contribution in [3.8, 4) is 0 Å². The van der Waals surface area contributed by atoms with Crippen molar-refractivity contribution in [2.75, 3.05) is 5.32 Å². The maximum Gasteiger partial charge on any atom is 0.261 e. The number of nitrogens with one attached hydrogen (secondary N) is 3. The molecule has 3 N–H and O–H groups in total. The lowest BCUT2D eigenvalue weighted by molar-refractivity contribution is 0.0928. The molecule has 2 atom stereocenters. The molecule has 1 amide bonds. The molecule has 2 aliphatic rings. The standard InChI is InChI=1S/C19H20N4OS2.2ClH/c24-17(21-14-8-12-6-7-13(9-14)20-12)15-10-16-18(25-15)23-19(26-16)22-11-4-2-1-3-5-11;;/h1-5,10,12-14,20H,6-9H2,(H,21,24)(H,22,23);2*1H. The van der Waals surface area contributed by atoms with E-state index in [9.17, 15) is 4.79 Å². The molecule has 5 rings (SSSR count). The van der Waals surface area contributed by atoms with Crippen LogP contribution in [0.5, 0.6) is 0 Å². The van der Waals surface area contributed by atoms with Gasteiger partial charge in [0.1, 0.15) is 4.83 Å². The van der Waals surface area contributed by atoms with Gasteiger partial charge in [0.2, 0.25) is 0 Å². The molecule has 4 heterocycles. The van der Waals surface area contributed by atoms with Gasteiger partial charge in [0.05, 0.1) is 9.58 Å². The lowest BCUT2D eigenvalue weighted by atomic mass is 10.00. The van der Waals surface area contributed by atoms with Crippen molar-refractivity contribution < 1.29 is 4.79 Å². The van der Waals surface area contributed by atoms with Gasteiger partial charge in [-0.3, -0.25) is 4.79 Å². The zero-order valence-corrected chi connectivity index (χ0v) is 18.3. The molecule has 2 aliphatic heterocycles. The van der Waals surface area contributed by atoms with E-state index in [0.717, 1.165) is 38.1 Å². The van der Waals surface area contributed by atoms with E-state index in [-0.39, 0.29) is 30.7 Å². The Morgan fingerprint density at radius 3 is 2.46 bits per heavy atom. The summed E-state index contributed by atoms with van der Waals surface area (Å²) in [6.45, 7) is 0. The Bertz CT molecular complexity index is 902. The Labute approximate surface area is 184 Å². The maximum atomic E-state index is 12.6. The minimum absolute atomic E-state index is 0. The van der Waals surface area contributed by atoms with Crippen molar-refractivity contribution in [2.24, 2.45) is 0 Å². The summed E-state index contributed by atoms with van der Waals surface area (Å²) in [5.41, 5.74) is 1.02. The van der Waals surface area contributed by atoms with Crippen LogP contribution in [0.3, 0.4) is 0 Å². The lowest BCUT2D eigenvalue weighted by Crippen LogP contribution is -2.47. The molecule has 2 fully saturated rings. The number of hydrogen-bond acceptors (Lipinski definition) is 6. The van der Waals surface area contributed by atoms with Gasteiger partial charge in [-0.1, -0.05) is 29.5 Å². The van der Waals surface area contributed by atoms with E-state index in [4.69, 9.17) is 0 Å². The van der Waals surface area contributed by atoms with Gasteiger partial charge in [-0.25, -0.2) is 4.98 Å². The van der Waals surface area contributed by atoms with Crippen LogP contribution in [0.2, 0.25) is 0 Å². The minimum atomic E-state index is 0. The molecular weight excluding hydrogens is 435 g/mol. The van der Waals surface area contributed by atoms with Crippen LogP contribution in [0.1, 0.15) is 35.4 Å². The molecule has 150 valence electrons. The number of fused-ring (bicyclic) bond motifs is 3. The van der Waals surface area contributed by atoms with Crippen LogP contribution in [0.25, 0.3) is 9.53 Å². The van der Waals surface area contributed by atoms with Crippen LogP contribution in [0.15, 0.2) is 36.4 Å². The fourth-order valence-electron chi connectivity index (χ4n) is 3.98. The first-order chi connectivity index (χ1) is 12.7. The van der Waals surface area contributed by atoms with E-state index in [2.05, 4.69) is 20.9 Å². The van der Waals surface area contributed by atoms with Gasteiger partial charge >= 0.3 is 0 Å². The van der Waals surface area contributed by atoms with Crippen LogP contribution in [0, 0.1) is 0 Å². The molecule has 0 spiro atoms. The molecule has 28 heavy (non-hydrogen) atoms. The summed E-state index contributed by atoms with van der Waals surface area (Å²) in [6.07, 6.45) is 4.58. The molecule has 9 heteroatoms. The number of thiazole rings is 1. The summed E-state index contributed by atoms with van der Waals surface area (Å²) in [5, 5.41) is 11.0. The first kappa shape index (κ1) is 21.3. The molecule has 5 nitrogen and oxygen atoms in total. The molecule has 0 saturated carbocycles. The highest BCUT2D eigenvalue weighted by Crippen LogP contribution is 2.34. The SMILES string of the molecule is Cl.Cl.O=C(NC1CC2CCC(C1)N2)c1cc2sc(Nc3ccccc3)nc2s1. The highest BCUT2D eigenvalue weighted by molar-refractivity contribution is 7.29. The minimum Gasteiger partial charge on any atom is -0.348 e. The summed E-state index contributed by atoms with van der Waals surface area (Å²) in [7, 11) is 0. The average molecular weight is 457 g/mol. The van der Waals surface area contributed by atoms with Crippen molar-refractivity contribution in [3.05, 3.63) is 41.3 Å². The Balaban J connectivity index is 0.00000112. The van der Waals surface area contributed by atoms with Gasteiger partial charge in [0.15, 0.2) is 5.13 Å². The summed E-state index contributed by atoms with van der Waals surface area (Å²) >= 11 is 3.06. The second-order valence-corrected chi connectivity index (χ2v) is 9.13. The number of rotatable bonds is 4. The quantitative estimate of drug-likeness (QED) is 0.518. The van der Waals surface area contributed by atoms with Gasteiger partial charge in [0.25, 0.3) is 5.91 Å². The topological polar surface area (TPSA) is 66.1 Å². The number of carbonyl (C=O) groups is 1. The summed E-state index contributed by atoms with van der Waals surface area (Å²) in [6, 6.07) is 13.4. The zero-order valence-electron chi connectivity index (χ0n) is 15.0. The number of amides is 1. The van der Waals surface area contributed by atoms with Gasteiger partial charge in [0, 0.05) is 23.8 Å². The van der Waals surface area contributed by atoms with E-state index in [0.29, 0.717) is 18.1 Å². The second kappa shape index (κ2) is 8.97. The van der Waals surface area contributed by atoms with E-state index >= 15 is 0 Å². The molecule has 3 aromatic rings. The van der Waals surface area contributed by atoms with E-state index in [1.807, 2.05) is 36.4 Å². The van der Waals surface area contributed by atoms with Crippen molar-refractivity contribution >= 4 is 73.7 Å².